The van der Waals surface area contributed by atoms with Crippen LogP contribution in [0.15, 0.2) is 46.9 Å². The van der Waals surface area contributed by atoms with Crippen LogP contribution in [0.2, 0.25) is 5.02 Å². The fourth-order valence-corrected chi connectivity index (χ4v) is 4.45. The van der Waals surface area contributed by atoms with E-state index in [1.54, 1.807) is 49.4 Å². The molecule has 0 saturated carbocycles. The molecular weight excluding hydrogens is 542 g/mol. The molecule has 1 N–H and O–H groups in total. The molecule has 0 saturated heterocycles. The van der Waals surface area contributed by atoms with Crippen LogP contribution >= 0.6 is 27.5 Å². The molecule has 0 aliphatic rings. The Morgan fingerprint density at radius 3 is 2.26 bits per heavy atom. The lowest BCUT2D eigenvalue weighted by atomic mass is 10.1. The molecule has 0 bridgehead atoms. The molecule has 0 aromatic heterocycles. The molecule has 0 aliphatic carbocycles. The summed E-state index contributed by atoms with van der Waals surface area (Å²) in [6, 6.07) is 11.2. The zero-order chi connectivity index (χ0) is 25.6. The van der Waals surface area contributed by atoms with Crippen molar-refractivity contribution in [1.29, 1.82) is 0 Å². The molecule has 0 aliphatic heterocycles. The van der Waals surface area contributed by atoms with Crippen molar-refractivity contribution in [2.75, 3.05) is 17.1 Å². The zero-order valence-electron chi connectivity index (χ0n) is 20.0. The fraction of sp³-hybridized carbons (Fsp3) is 0.417. The number of nitrogens with one attached hydrogen (secondary N) is 1. The number of benzene rings is 2. The monoisotopic (exact) mass is 571 g/mol. The van der Waals surface area contributed by atoms with E-state index in [1.807, 2.05) is 20.8 Å². The second-order valence-corrected chi connectivity index (χ2v) is 11.5. The lowest BCUT2D eigenvalue weighted by molar-refractivity contribution is -0.139. The number of nitrogens with zero attached hydrogens (tertiary/aromatic N) is 2. The molecule has 0 fully saturated rings. The number of halogens is 2. The average Bonchev–Trinajstić information content (AvgIpc) is 2.77. The minimum atomic E-state index is -3.77. The van der Waals surface area contributed by atoms with E-state index in [0.717, 1.165) is 32.6 Å². The molecule has 186 valence electrons. The van der Waals surface area contributed by atoms with E-state index in [2.05, 4.69) is 21.2 Å². The number of carbonyl (C=O) groups excluding carboxylic acids is 2. The Labute approximate surface area is 215 Å². The first-order chi connectivity index (χ1) is 15.8. The summed E-state index contributed by atoms with van der Waals surface area (Å²) in [6.45, 7) is 7.01. The maximum Gasteiger partial charge on any atom is 0.244 e. The average molecular weight is 573 g/mol. The van der Waals surface area contributed by atoms with Gasteiger partial charge in [0.05, 0.1) is 11.9 Å². The van der Waals surface area contributed by atoms with Crippen molar-refractivity contribution in [1.82, 2.24) is 10.2 Å². The smallest absolute Gasteiger partial charge is 0.244 e. The predicted molar refractivity (Wildman–Crippen MR) is 140 cm³/mol. The van der Waals surface area contributed by atoms with Gasteiger partial charge in [-0.25, -0.2) is 8.42 Å². The number of anilines is 1. The summed E-state index contributed by atoms with van der Waals surface area (Å²) in [7, 11) is -3.77. The molecule has 2 rings (SSSR count). The molecule has 0 spiro atoms. The standard InChI is InChI=1S/C24H31BrClN3O4S/c1-6-17(3)27-24(31)18(4)28(14-19-7-9-20(26)10-8-19)23(30)15-29(34(5,32)33)21-11-12-22(25)16(2)13-21/h7-13,17-18H,6,14-15H2,1-5H3,(H,27,31). The van der Waals surface area contributed by atoms with Crippen molar-refractivity contribution >= 4 is 55.1 Å². The van der Waals surface area contributed by atoms with Crippen molar-refractivity contribution in [3.63, 3.8) is 0 Å². The molecular formula is C24H31BrClN3O4S. The number of carbonyl (C=O) groups is 2. The first-order valence-electron chi connectivity index (χ1n) is 10.9. The Balaban J connectivity index is 2.39. The van der Waals surface area contributed by atoms with Gasteiger partial charge in [-0.3, -0.25) is 13.9 Å². The molecule has 2 atom stereocenters. The topological polar surface area (TPSA) is 86.8 Å². The van der Waals surface area contributed by atoms with E-state index in [-0.39, 0.29) is 18.5 Å². The van der Waals surface area contributed by atoms with Crippen molar-refractivity contribution in [3.05, 3.63) is 63.1 Å². The number of aryl methyl sites for hydroxylation is 1. The van der Waals surface area contributed by atoms with Gasteiger partial charge < -0.3 is 10.2 Å². The zero-order valence-corrected chi connectivity index (χ0v) is 23.2. The lowest BCUT2D eigenvalue weighted by Gasteiger charge is -2.32. The second kappa shape index (κ2) is 12.0. The highest BCUT2D eigenvalue weighted by Crippen LogP contribution is 2.25. The summed E-state index contributed by atoms with van der Waals surface area (Å²) < 4.78 is 27.1. The molecule has 34 heavy (non-hydrogen) atoms. The van der Waals surface area contributed by atoms with Gasteiger partial charge in [-0.1, -0.05) is 46.6 Å². The van der Waals surface area contributed by atoms with Gasteiger partial charge >= 0.3 is 0 Å². The summed E-state index contributed by atoms with van der Waals surface area (Å²) in [5, 5.41) is 3.45. The van der Waals surface area contributed by atoms with Crippen LogP contribution in [0, 0.1) is 6.92 Å². The number of amides is 2. The van der Waals surface area contributed by atoms with Crippen LogP contribution in [0.1, 0.15) is 38.3 Å². The van der Waals surface area contributed by atoms with E-state index in [4.69, 9.17) is 11.6 Å². The van der Waals surface area contributed by atoms with Crippen LogP contribution in [0.25, 0.3) is 0 Å². The first-order valence-corrected chi connectivity index (χ1v) is 13.9. The minimum absolute atomic E-state index is 0.0549. The first kappa shape index (κ1) is 28.1. The summed E-state index contributed by atoms with van der Waals surface area (Å²) in [4.78, 5) is 27.8. The minimum Gasteiger partial charge on any atom is -0.352 e. The van der Waals surface area contributed by atoms with Crippen LogP contribution in [0.4, 0.5) is 5.69 Å². The largest absolute Gasteiger partial charge is 0.352 e. The maximum absolute atomic E-state index is 13.5. The van der Waals surface area contributed by atoms with Crippen LogP contribution in [0.5, 0.6) is 0 Å². The van der Waals surface area contributed by atoms with Gasteiger partial charge in [-0.2, -0.15) is 0 Å². The summed E-state index contributed by atoms with van der Waals surface area (Å²) in [6.07, 6.45) is 1.80. The van der Waals surface area contributed by atoms with Crippen LogP contribution in [-0.2, 0) is 26.2 Å². The number of hydrogen-bond acceptors (Lipinski definition) is 4. The highest BCUT2D eigenvalue weighted by Gasteiger charge is 2.30. The molecule has 0 heterocycles. The van der Waals surface area contributed by atoms with Gasteiger partial charge in [0.25, 0.3) is 0 Å². The maximum atomic E-state index is 13.5. The highest BCUT2D eigenvalue weighted by molar-refractivity contribution is 9.10. The van der Waals surface area contributed by atoms with Crippen LogP contribution in [0.3, 0.4) is 0 Å². The Bertz CT molecular complexity index is 1130. The molecule has 0 radical (unpaired) electrons. The quantitative estimate of drug-likeness (QED) is 0.454. The van der Waals surface area contributed by atoms with E-state index >= 15 is 0 Å². The van der Waals surface area contributed by atoms with E-state index in [1.165, 1.54) is 4.90 Å². The van der Waals surface area contributed by atoms with Gasteiger partial charge in [0.15, 0.2) is 0 Å². The normalized spacial score (nSPS) is 13.1. The fourth-order valence-electron chi connectivity index (χ4n) is 3.23. The van der Waals surface area contributed by atoms with Crippen molar-refractivity contribution < 1.29 is 18.0 Å². The third-order valence-corrected chi connectivity index (χ3v) is 7.83. The van der Waals surface area contributed by atoms with Gasteiger partial charge in [-0.15, -0.1) is 0 Å². The summed E-state index contributed by atoms with van der Waals surface area (Å²) in [5.74, 6) is -0.796. The molecule has 2 aromatic carbocycles. The van der Waals surface area contributed by atoms with Gasteiger partial charge in [0, 0.05) is 22.1 Å². The van der Waals surface area contributed by atoms with Crippen molar-refractivity contribution in [3.8, 4) is 0 Å². The van der Waals surface area contributed by atoms with Crippen LogP contribution in [-0.4, -0.2) is 50.0 Å². The predicted octanol–water partition coefficient (Wildman–Crippen LogP) is 4.51. The third-order valence-electron chi connectivity index (χ3n) is 5.54. The molecule has 2 aromatic rings. The van der Waals surface area contributed by atoms with Gasteiger partial charge in [0.1, 0.15) is 12.6 Å². The van der Waals surface area contributed by atoms with E-state index < -0.39 is 28.5 Å². The van der Waals surface area contributed by atoms with Crippen molar-refractivity contribution in [2.24, 2.45) is 0 Å². The Kier molecular flexibility index (Phi) is 9.96. The van der Waals surface area contributed by atoms with E-state index in [9.17, 15) is 18.0 Å². The number of rotatable bonds is 10. The summed E-state index contributed by atoms with van der Waals surface area (Å²) >= 11 is 9.39. The van der Waals surface area contributed by atoms with Crippen LogP contribution < -0.4 is 9.62 Å². The van der Waals surface area contributed by atoms with Gasteiger partial charge in [-0.05, 0) is 68.7 Å². The second-order valence-electron chi connectivity index (χ2n) is 8.35. The van der Waals surface area contributed by atoms with Crippen molar-refractivity contribution in [2.45, 2.75) is 52.7 Å². The Morgan fingerprint density at radius 1 is 1.12 bits per heavy atom. The molecule has 7 nitrogen and oxygen atoms in total. The molecule has 10 heteroatoms. The molecule has 2 unspecified atom stereocenters. The number of hydrogen-bond donors (Lipinski definition) is 1. The van der Waals surface area contributed by atoms with E-state index in [0.29, 0.717) is 10.7 Å². The SMILES string of the molecule is CCC(C)NC(=O)C(C)N(Cc1ccc(Cl)cc1)C(=O)CN(c1ccc(Br)c(C)c1)S(C)(=O)=O. The Morgan fingerprint density at radius 2 is 1.74 bits per heavy atom. The van der Waals surface area contributed by atoms with Gasteiger partial charge in [0.2, 0.25) is 21.8 Å². The summed E-state index contributed by atoms with van der Waals surface area (Å²) in [5.41, 5.74) is 1.98. The number of sulfonamides is 1. The highest BCUT2D eigenvalue weighted by atomic mass is 79.9. The lowest BCUT2D eigenvalue weighted by Crippen LogP contribution is -2.52. The third kappa shape index (κ3) is 7.71. The molecule has 2 amide bonds. The Hall–Kier alpha value is -2.10.